The van der Waals surface area contributed by atoms with Gasteiger partial charge in [0.25, 0.3) is 0 Å². The SMILES string of the molecule is CC(C)(C)c1cc(C#N)c(F)cc1O. The lowest BCUT2D eigenvalue weighted by Gasteiger charge is -2.20. The van der Waals surface area contributed by atoms with E-state index in [1.54, 1.807) is 6.07 Å². The summed E-state index contributed by atoms with van der Waals surface area (Å²) in [5.41, 5.74) is 0.242. The Morgan fingerprint density at radius 1 is 1.36 bits per heavy atom. The Balaban J connectivity index is 3.41. The minimum absolute atomic E-state index is 0.0345. The van der Waals surface area contributed by atoms with Gasteiger partial charge in [-0.05, 0) is 11.5 Å². The van der Waals surface area contributed by atoms with Crippen molar-refractivity contribution in [3.63, 3.8) is 0 Å². The molecule has 0 atom stereocenters. The van der Waals surface area contributed by atoms with Crippen molar-refractivity contribution in [2.24, 2.45) is 0 Å². The molecule has 1 rings (SSSR count). The van der Waals surface area contributed by atoms with E-state index in [-0.39, 0.29) is 16.7 Å². The quantitative estimate of drug-likeness (QED) is 0.688. The number of halogens is 1. The van der Waals surface area contributed by atoms with Gasteiger partial charge in [-0.25, -0.2) is 4.39 Å². The molecule has 1 aromatic carbocycles. The smallest absolute Gasteiger partial charge is 0.144 e. The molecule has 0 spiro atoms. The molecule has 0 aliphatic carbocycles. The highest BCUT2D eigenvalue weighted by Gasteiger charge is 2.20. The van der Waals surface area contributed by atoms with Gasteiger partial charge in [0, 0.05) is 11.6 Å². The van der Waals surface area contributed by atoms with Crippen LogP contribution in [0.2, 0.25) is 0 Å². The highest BCUT2D eigenvalue weighted by molar-refractivity contribution is 5.45. The van der Waals surface area contributed by atoms with Crippen molar-refractivity contribution in [2.45, 2.75) is 26.2 Å². The molecular weight excluding hydrogens is 181 g/mol. The van der Waals surface area contributed by atoms with Crippen LogP contribution in [0.1, 0.15) is 31.9 Å². The van der Waals surface area contributed by atoms with Gasteiger partial charge in [-0.1, -0.05) is 20.8 Å². The van der Waals surface area contributed by atoms with Gasteiger partial charge in [-0.15, -0.1) is 0 Å². The monoisotopic (exact) mass is 193 g/mol. The van der Waals surface area contributed by atoms with E-state index in [0.29, 0.717) is 5.56 Å². The van der Waals surface area contributed by atoms with Crippen LogP contribution in [-0.2, 0) is 5.41 Å². The average Bonchev–Trinajstić information content (AvgIpc) is 2.02. The molecule has 1 N–H and O–H groups in total. The summed E-state index contributed by atoms with van der Waals surface area (Å²) in [6.07, 6.45) is 0. The first-order valence-corrected chi connectivity index (χ1v) is 4.29. The zero-order valence-electron chi connectivity index (χ0n) is 8.43. The molecule has 0 heterocycles. The van der Waals surface area contributed by atoms with Gasteiger partial charge in [-0.3, -0.25) is 0 Å². The van der Waals surface area contributed by atoms with Crippen LogP contribution in [0.4, 0.5) is 4.39 Å². The zero-order chi connectivity index (χ0) is 10.9. The van der Waals surface area contributed by atoms with Crippen LogP contribution >= 0.6 is 0 Å². The van der Waals surface area contributed by atoms with E-state index in [4.69, 9.17) is 5.26 Å². The minimum Gasteiger partial charge on any atom is -0.508 e. The van der Waals surface area contributed by atoms with Gasteiger partial charge < -0.3 is 5.11 Å². The number of aromatic hydroxyl groups is 1. The molecule has 2 nitrogen and oxygen atoms in total. The molecule has 0 unspecified atom stereocenters. The van der Waals surface area contributed by atoms with E-state index in [0.717, 1.165) is 6.07 Å². The average molecular weight is 193 g/mol. The van der Waals surface area contributed by atoms with E-state index in [9.17, 15) is 9.50 Å². The molecule has 1 aromatic rings. The predicted molar refractivity (Wildman–Crippen MR) is 51.5 cm³/mol. The van der Waals surface area contributed by atoms with Gasteiger partial charge in [-0.2, -0.15) is 5.26 Å². The Bertz CT molecular complexity index is 399. The second-order valence-electron chi connectivity index (χ2n) is 4.21. The predicted octanol–water partition coefficient (Wildman–Crippen LogP) is 2.70. The molecular formula is C11H12FNO. The van der Waals surface area contributed by atoms with Crippen LogP contribution in [0.3, 0.4) is 0 Å². The maximum Gasteiger partial charge on any atom is 0.144 e. The molecule has 0 saturated heterocycles. The fourth-order valence-electron chi connectivity index (χ4n) is 1.25. The summed E-state index contributed by atoms with van der Waals surface area (Å²) < 4.78 is 13.0. The van der Waals surface area contributed by atoms with Crippen LogP contribution in [0.15, 0.2) is 12.1 Å². The molecule has 0 fully saturated rings. The van der Waals surface area contributed by atoms with E-state index in [1.807, 2.05) is 20.8 Å². The molecule has 0 aliphatic rings. The topological polar surface area (TPSA) is 44.0 Å². The van der Waals surface area contributed by atoms with Gasteiger partial charge in [0.1, 0.15) is 17.6 Å². The number of nitrogens with zero attached hydrogens (tertiary/aromatic N) is 1. The van der Waals surface area contributed by atoms with Crippen molar-refractivity contribution in [1.29, 1.82) is 5.26 Å². The Morgan fingerprint density at radius 2 is 1.93 bits per heavy atom. The first-order chi connectivity index (χ1) is 6.36. The maximum absolute atomic E-state index is 13.0. The van der Waals surface area contributed by atoms with Crippen molar-refractivity contribution in [3.8, 4) is 11.8 Å². The van der Waals surface area contributed by atoms with E-state index < -0.39 is 5.82 Å². The van der Waals surface area contributed by atoms with E-state index in [2.05, 4.69) is 0 Å². The number of phenols is 1. The number of hydrogen-bond acceptors (Lipinski definition) is 2. The molecule has 3 heteroatoms. The van der Waals surface area contributed by atoms with Crippen molar-refractivity contribution in [2.75, 3.05) is 0 Å². The fraction of sp³-hybridized carbons (Fsp3) is 0.364. The van der Waals surface area contributed by atoms with Gasteiger partial charge in [0.05, 0.1) is 5.56 Å². The highest BCUT2D eigenvalue weighted by Crippen LogP contribution is 2.32. The van der Waals surface area contributed by atoms with Crippen LogP contribution in [-0.4, -0.2) is 5.11 Å². The van der Waals surface area contributed by atoms with Crippen molar-refractivity contribution >= 4 is 0 Å². The van der Waals surface area contributed by atoms with Crippen LogP contribution in [0.25, 0.3) is 0 Å². The first-order valence-electron chi connectivity index (χ1n) is 4.29. The molecule has 14 heavy (non-hydrogen) atoms. The van der Waals surface area contributed by atoms with Crippen molar-refractivity contribution in [1.82, 2.24) is 0 Å². The highest BCUT2D eigenvalue weighted by atomic mass is 19.1. The molecule has 0 saturated carbocycles. The Hall–Kier alpha value is -1.56. The standard InChI is InChI=1S/C11H12FNO/c1-11(2,3)8-4-7(6-13)9(12)5-10(8)14/h4-5,14H,1-3H3. The summed E-state index contributed by atoms with van der Waals surface area (Å²) in [5, 5.41) is 18.1. The van der Waals surface area contributed by atoms with Crippen molar-refractivity contribution < 1.29 is 9.50 Å². The van der Waals surface area contributed by atoms with E-state index in [1.165, 1.54) is 6.07 Å². The summed E-state index contributed by atoms with van der Waals surface area (Å²) in [5.74, 6) is -0.785. The maximum atomic E-state index is 13.0. The summed E-state index contributed by atoms with van der Waals surface area (Å²) in [6, 6.07) is 4.13. The summed E-state index contributed by atoms with van der Waals surface area (Å²) in [6.45, 7) is 5.67. The lowest BCUT2D eigenvalue weighted by Crippen LogP contribution is -2.12. The van der Waals surface area contributed by atoms with Gasteiger partial charge in [0.15, 0.2) is 0 Å². The Labute approximate surface area is 82.6 Å². The molecule has 0 bridgehead atoms. The van der Waals surface area contributed by atoms with Gasteiger partial charge in [0.2, 0.25) is 0 Å². The molecule has 74 valence electrons. The fourth-order valence-corrected chi connectivity index (χ4v) is 1.25. The second kappa shape index (κ2) is 3.30. The van der Waals surface area contributed by atoms with Crippen LogP contribution in [0, 0.1) is 17.1 Å². The number of nitriles is 1. The first kappa shape index (κ1) is 10.5. The molecule has 0 radical (unpaired) electrons. The number of hydrogen-bond donors (Lipinski definition) is 1. The minimum atomic E-state index is -0.682. The third-order valence-electron chi connectivity index (χ3n) is 2.01. The Kier molecular flexibility index (Phi) is 2.48. The summed E-state index contributed by atoms with van der Waals surface area (Å²) >= 11 is 0. The zero-order valence-corrected chi connectivity index (χ0v) is 8.43. The molecule has 0 aromatic heterocycles. The third-order valence-corrected chi connectivity index (χ3v) is 2.01. The largest absolute Gasteiger partial charge is 0.508 e. The van der Waals surface area contributed by atoms with Crippen LogP contribution < -0.4 is 0 Å². The number of benzene rings is 1. The normalized spacial score (nSPS) is 11.1. The number of phenolic OH excluding ortho intramolecular Hbond substituents is 1. The van der Waals surface area contributed by atoms with Crippen molar-refractivity contribution in [3.05, 3.63) is 29.1 Å². The summed E-state index contributed by atoms with van der Waals surface area (Å²) in [4.78, 5) is 0. The lowest BCUT2D eigenvalue weighted by molar-refractivity contribution is 0.441. The van der Waals surface area contributed by atoms with Gasteiger partial charge >= 0.3 is 0 Å². The molecule has 0 aliphatic heterocycles. The number of rotatable bonds is 0. The van der Waals surface area contributed by atoms with E-state index >= 15 is 0 Å². The second-order valence-corrected chi connectivity index (χ2v) is 4.21. The van der Waals surface area contributed by atoms with Crippen LogP contribution in [0.5, 0.6) is 5.75 Å². The third kappa shape index (κ3) is 1.85. The summed E-state index contributed by atoms with van der Waals surface area (Å²) in [7, 11) is 0. The molecule has 0 amide bonds. The lowest BCUT2D eigenvalue weighted by atomic mass is 9.85. The Morgan fingerprint density at radius 3 is 2.36 bits per heavy atom.